The van der Waals surface area contributed by atoms with Gasteiger partial charge in [-0.25, -0.2) is 0 Å². The van der Waals surface area contributed by atoms with E-state index < -0.39 is 110 Å². The predicted molar refractivity (Wildman–Crippen MR) is 134 cm³/mol. The van der Waals surface area contributed by atoms with Crippen LogP contribution in [-0.4, -0.2) is 110 Å². The lowest BCUT2D eigenvalue weighted by Gasteiger charge is -2.46. The standard InChI is InChI=1S/C26H36O17/c1-11(27)34-9-19-22(37-14(4)30)18(36-13(3)29)8-21(41-19)43-23-20(10-35-12(2)28)42-26(40-17(7)33)25(39-16(6)32)24(23)38-15(5)31/h18-26H,8-10H2,1-7H3. The Morgan fingerprint density at radius 2 is 0.953 bits per heavy atom. The zero-order chi connectivity index (χ0) is 32.4. The van der Waals surface area contributed by atoms with Crippen LogP contribution in [0.3, 0.4) is 0 Å². The first-order valence-electron chi connectivity index (χ1n) is 13.2. The predicted octanol–water partition coefficient (Wildman–Crippen LogP) is -0.372. The zero-order valence-corrected chi connectivity index (χ0v) is 24.8. The highest BCUT2D eigenvalue weighted by Crippen LogP contribution is 2.34. The molecule has 0 spiro atoms. The van der Waals surface area contributed by atoms with Gasteiger partial charge in [-0.3, -0.25) is 33.6 Å². The van der Waals surface area contributed by atoms with E-state index in [1.54, 1.807) is 0 Å². The minimum absolute atomic E-state index is 0.261. The van der Waals surface area contributed by atoms with Crippen LogP contribution in [-0.2, 0) is 80.9 Å². The second kappa shape index (κ2) is 16.1. The third-order valence-electron chi connectivity index (χ3n) is 5.79. The van der Waals surface area contributed by atoms with Gasteiger partial charge in [0.05, 0.1) is 0 Å². The summed E-state index contributed by atoms with van der Waals surface area (Å²) in [6.45, 7) is 6.73. The Balaban J connectivity index is 2.53. The number of hydrogen-bond donors (Lipinski definition) is 0. The molecule has 9 unspecified atom stereocenters. The summed E-state index contributed by atoms with van der Waals surface area (Å²) in [5, 5.41) is 0. The fourth-order valence-electron chi connectivity index (χ4n) is 4.44. The van der Waals surface area contributed by atoms with E-state index >= 15 is 0 Å². The van der Waals surface area contributed by atoms with E-state index in [2.05, 4.69) is 0 Å². The first-order chi connectivity index (χ1) is 20.1. The summed E-state index contributed by atoms with van der Waals surface area (Å²) >= 11 is 0. The van der Waals surface area contributed by atoms with Crippen LogP contribution in [0, 0.1) is 0 Å². The smallest absolute Gasteiger partial charge is 0.305 e. The quantitative estimate of drug-likeness (QED) is 0.213. The lowest BCUT2D eigenvalue weighted by molar-refractivity contribution is -0.339. The normalized spacial score (nSPS) is 30.2. The van der Waals surface area contributed by atoms with E-state index in [1.165, 1.54) is 0 Å². The van der Waals surface area contributed by atoms with Crippen LogP contribution in [0.1, 0.15) is 54.9 Å². The van der Waals surface area contributed by atoms with Gasteiger partial charge in [-0.1, -0.05) is 0 Å². The Hall–Kier alpha value is -3.83. The molecule has 2 aliphatic rings. The molecule has 0 bridgehead atoms. The van der Waals surface area contributed by atoms with Crippen molar-refractivity contribution < 1.29 is 80.9 Å². The van der Waals surface area contributed by atoms with Crippen molar-refractivity contribution in [3.05, 3.63) is 0 Å². The maximum absolute atomic E-state index is 12.2. The summed E-state index contributed by atoms with van der Waals surface area (Å²) in [6, 6.07) is 0. The fourth-order valence-corrected chi connectivity index (χ4v) is 4.44. The SMILES string of the molecule is CC(=O)OCC1OC(OC2C(COC(C)=O)OC(OC(C)=O)C(OC(C)=O)C2OC(C)=O)CC(OC(C)=O)C1OC(C)=O. The molecule has 0 saturated carbocycles. The molecule has 0 N–H and O–H groups in total. The summed E-state index contributed by atoms with van der Waals surface area (Å²) in [5.74, 6) is -5.42. The van der Waals surface area contributed by atoms with Gasteiger partial charge in [-0.15, -0.1) is 0 Å². The van der Waals surface area contributed by atoms with Crippen molar-refractivity contribution in [1.29, 1.82) is 0 Å². The van der Waals surface area contributed by atoms with Gasteiger partial charge < -0.3 is 47.4 Å². The van der Waals surface area contributed by atoms with E-state index in [0.717, 1.165) is 48.5 Å². The molecule has 2 aliphatic heterocycles. The molecule has 2 rings (SSSR count). The van der Waals surface area contributed by atoms with Gasteiger partial charge >= 0.3 is 41.8 Å². The van der Waals surface area contributed by atoms with Crippen LogP contribution >= 0.6 is 0 Å². The highest BCUT2D eigenvalue weighted by atomic mass is 16.8. The molecule has 17 nitrogen and oxygen atoms in total. The average Bonchev–Trinajstić information content (AvgIpc) is 2.85. The van der Waals surface area contributed by atoms with Crippen molar-refractivity contribution >= 4 is 41.8 Å². The lowest BCUT2D eigenvalue weighted by Crippen LogP contribution is -2.64. The average molecular weight is 621 g/mol. The lowest BCUT2D eigenvalue weighted by atomic mass is 9.97. The van der Waals surface area contributed by atoms with E-state index in [-0.39, 0.29) is 6.42 Å². The summed E-state index contributed by atoms with van der Waals surface area (Å²) in [5.41, 5.74) is 0. The molecule has 17 heteroatoms. The van der Waals surface area contributed by atoms with Gasteiger partial charge in [0.15, 0.2) is 18.5 Å². The Kier molecular flexibility index (Phi) is 13.3. The Labute approximate surface area is 246 Å². The van der Waals surface area contributed by atoms with E-state index in [9.17, 15) is 33.6 Å². The van der Waals surface area contributed by atoms with Crippen LogP contribution in [0.5, 0.6) is 0 Å². The highest BCUT2D eigenvalue weighted by molar-refractivity contribution is 5.69. The van der Waals surface area contributed by atoms with Crippen molar-refractivity contribution in [2.75, 3.05) is 13.2 Å². The number of ether oxygens (including phenoxy) is 10. The van der Waals surface area contributed by atoms with Gasteiger partial charge in [0, 0.05) is 54.9 Å². The summed E-state index contributed by atoms with van der Waals surface area (Å²) in [4.78, 5) is 82.9. The topological polar surface area (TPSA) is 212 Å². The number of hydrogen-bond acceptors (Lipinski definition) is 17. The zero-order valence-electron chi connectivity index (χ0n) is 24.8. The van der Waals surface area contributed by atoms with Gasteiger partial charge in [0.1, 0.15) is 37.6 Å². The van der Waals surface area contributed by atoms with Crippen LogP contribution in [0.25, 0.3) is 0 Å². The molecule has 43 heavy (non-hydrogen) atoms. The van der Waals surface area contributed by atoms with Crippen LogP contribution in [0.4, 0.5) is 0 Å². The van der Waals surface area contributed by atoms with Crippen LogP contribution < -0.4 is 0 Å². The molecule has 0 aromatic carbocycles. The molecule has 0 aromatic heterocycles. The Bertz CT molecular complexity index is 1060. The van der Waals surface area contributed by atoms with Gasteiger partial charge in [0.25, 0.3) is 0 Å². The number of rotatable bonds is 11. The molecule has 2 saturated heterocycles. The van der Waals surface area contributed by atoms with E-state index in [4.69, 9.17) is 47.4 Å². The van der Waals surface area contributed by atoms with Crippen LogP contribution in [0.15, 0.2) is 0 Å². The molecular formula is C26H36O17. The summed E-state index contributed by atoms with van der Waals surface area (Å²) in [7, 11) is 0. The molecule has 2 fully saturated rings. The van der Waals surface area contributed by atoms with Gasteiger partial charge in [-0.2, -0.15) is 0 Å². The van der Waals surface area contributed by atoms with Crippen LogP contribution in [0.2, 0.25) is 0 Å². The van der Waals surface area contributed by atoms with Gasteiger partial charge in [0.2, 0.25) is 12.4 Å². The molecule has 2 heterocycles. The summed E-state index contributed by atoms with van der Waals surface area (Å²) < 4.78 is 54.6. The fraction of sp³-hybridized carbons (Fsp3) is 0.731. The molecule has 242 valence electrons. The van der Waals surface area contributed by atoms with Gasteiger partial charge in [-0.05, 0) is 0 Å². The number of carbonyl (C=O) groups is 7. The van der Waals surface area contributed by atoms with Crippen molar-refractivity contribution in [2.45, 2.75) is 110 Å². The minimum atomic E-state index is -1.61. The maximum atomic E-state index is 12.2. The van der Waals surface area contributed by atoms with Crippen molar-refractivity contribution in [2.24, 2.45) is 0 Å². The molecule has 0 radical (unpaired) electrons. The largest absolute Gasteiger partial charge is 0.463 e. The molecular weight excluding hydrogens is 584 g/mol. The van der Waals surface area contributed by atoms with Crippen molar-refractivity contribution in [3.63, 3.8) is 0 Å². The Morgan fingerprint density at radius 1 is 0.512 bits per heavy atom. The molecule has 0 aromatic rings. The third-order valence-corrected chi connectivity index (χ3v) is 5.79. The second-order valence-electron chi connectivity index (χ2n) is 9.57. The first kappa shape index (κ1) is 35.4. The van der Waals surface area contributed by atoms with E-state index in [1.807, 2.05) is 0 Å². The first-order valence-corrected chi connectivity index (χ1v) is 13.2. The van der Waals surface area contributed by atoms with Crippen molar-refractivity contribution in [3.8, 4) is 0 Å². The maximum Gasteiger partial charge on any atom is 0.305 e. The second-order valence-corrected chi connectivity index (χ2v) is 9.57. The third kappa shape index (κ3) is 11.4. The molecule has 0 aliphatic carbocycles. The van der Waals surface area contributed by atoms with Crippen molar-refractivity contribution in [1.82, 2.24) is 0 Å². The number of esters is 7. The number of carbonyl (C=O) groups excluding carboxylic acids is 7. The molecule has 9 atom stereocenters. The highest BCUT2D eigenvalue weighted by Gasteiger charge is 2.54. The minimum Gasteiger partial charge on any atom is -0.463 e. The van der Waals surface area contributed by atoms with E-state index in [0.29, 0.717) is 0 Å². The molecule has 0 amide bonds. The summed E-state index contributed by atoms with van der Waals surface area (Å²) in [6.07, 6.45) is -12.6. The Morgan fingerprint density at radius 3 is 1.42 bits per heavy atom. The monoisotopic (exact) mass is 620 g/mol.